The molecule has 0 unspecified atom stereocenters. The Morgan fingerprint density at radius 1 is 1.44 bits per heavy atom. The summed E-state index contributed by atoms with van der Waals surface area (Å²) in [4.78, 5) is 0. The van der Waals surface area contributed by atoms with Gasteiger partial charge in [-0.2, -0.15) is 0 Å². The Hall–Kier alpha value is -1.44. The van der Waals surface area contributed by atoms with E-state index >= 15 is 0 Å². The first-order chi connectivity index (χ1) is 7.52. The zero-order valence-corrected chi connectivity index (χ0v) is 10.4. The minimum absolute atomic E-state index is 0.616. The van der Waals surface area contributed by atoms with Crippen molar-refractivity contribution >= 4 is 0 Å². The van der Waals surface area contributed by atoms with Gasteiger partial charge in [-0.15, -0.1) is 0 Å². The molecular formula is C14H21NO. The molecule has 0 bridgehead atoms. The summed E-state index contributed by atoms with van der Waals surface area (Å²) < 4.78 is 5.35. The van der Waals surface area contributed by atoms with Crippen LogP contribution in [0.2, 0.25) is 0 Å². The van der Waals surface area contributed by atoms with E-state index in [9.17, 15) is 0 Å². The number of benzene rings is 1. The molecule has 0 saturated heterocycles. The van der Waals surface area contributed by atoms with Crippen molar-refractivity contribution in [2.45, 2.75) is 26.7 Å². The molecule has 2 nitrogen and oxygen atoms in total. The number of nitrogens with two attached hydrogens (primary N) is 1. The fraction of sp³-hybridized carbons (Fsp3) is 0.429. The summed E-state index contributed by atoms with van der Waals surface area (Å²) in [7, 11) is 1.71. The third kappa shape index (κ3) is 3.61. The summed E-state index contributed by atoms with van der Waals surface area (Å²) in [6.07, 6.45) is 1.75. The second kappa shape index (κ2) is 5.59. The van der Waals surface area contributed by atoms with E-state index in [-0.39, 0.29) is 0 Å². The monoisotopic (exact) mass is 219 g/mol. The number of allylic oxidation sites excluding steroid dienone is 1. The van der Waals surface area contributed by atoms with E-state index in [1.54, 1.807) is 7.11 Å². The minimum Gasteiger partial charge on any atom is -0.496 e. The van der Waals surface area contributed by atoms with Crippen LogP contribution >= 0.6 is 0 Å². The maximum atomic E-state index is 5.62. The summed E-state index contributed by atoms with van der Waals surface area (Å²) >= 11 is 0. The van der Waals surface area contributed by atoms with Crippen molar-refractivity contribution in [2.75, 3.05) is 7.11 Å². The molecule has 0 aliphatic carbocycles. The summed E-state index contributed by atoms with van der Waals surface area (Å²) in [5.41, 5.74) is 8.76. The van der Waals surface area contributed by atoms with Crippen molar-refractivity contribution in [1.82, 2.24) is 0 Å². The minimum atomic E-state index is 0.616. The molecule has 1 aromatic rings. The standard InChI is InChI=1S/C14H21NO/c1-10(2)7-13-9-12(8-11(3)15)5-6-14(13)16-4/h5-6,9-10H,3,7-8,15H2,1-2,4H3. The fourth-order valence-corrected chi connectivity index (χ4v) is 1.80. The molecule has 0 spiro atoms. The van der Waals surface area contributed by atoms with Crippen LogP contribution in [0.3, 0.4) is 0 Å². The van der Waals surface area contributed by atoms with Crippen LogP contribution in [0, 0.1) is 5.92 Å². The number of rotatable bonds is 5. The van der Waals surface area contributed by atoms with Crippen LogP contribution in [0.15, 0.2) is 30.5 Å². The highest BCUT2D eigenvalue weighted by Crippen LogP contribution is 2.23. The lowest BCUT2D eigenvalue weighted by Gasteiger charge is -2.12. The largest absolute Gasteiger partial charge is 0.496 e. The zero-order chi connectivity index (χ0) is 12.1. The molecule has 0 amide bonds. The summed E-state index contributed by atoms with van der Waals surface area (Å²) in [5.74, 6) is 1.57. The van der Waals surface area contributed by atoms with Gasteiger partial charge in [0.1, 0.15) is 5.75 Å². The van der Waals surface area contributed by atoms with E-state index in [0.717, 1.165) is 18.6 Å². The van der Waals surface area contributed by atoms with Gasteiger partial charge in [0.25, 0.3) is 0 Å². The molecule has 16 heavy (non-hydrogen) atoms. The van der Waals surface area contributed by atoms with Crippen molar-refractivity contribution in [3.63, 3.8) is 0 Å². The van der Waals surface area contributed by atoms with Crippen LogP contribution in [-0.2, 0) is 12.8 Å². The molecule has 0 saturated carbocycles. The van der Waals surface area contributed by atoms with Gasteiger partial charge in [0.05, 0.1) is 7.11 Å². The van der Waals surface area contributed by atoms with E-state index in [1.165, 1.54) is 11.1 Å². The van der Waals surface area contributed by atoms with E-state index in [0.29, 0.717) is 11.6 Å². The number of hydrogen-bond donors (Lipinski definition) is 1. The molecule has 0 aromatic heterocycles. The quantitative estimate of drug-likeness (QED) is 0.826. The third-order valence-electron chi connectivity index (χ3n) is 2.40. The van der Waals surface area contributed by atoms with Gasteiger partial charge < -0.3 is 10.5 Å². The van der Waals surface area contributed by atoms with E-state index in [1.807, 2.05) is 12.1 Å². The molecule has 0 aliphatic rings. The van der Waals surface area contributed by atoms with Gasteiger partial charge in [-0.05, 0) is 29.5 Å². The first-order valence-corrected chi connectivity index (χ1v) is 5.62. The van der Waals surface area contributed by atoms with Gasteiger partial charge in [-0.25, -0.2) is 0 Å². The lowest BCUT2D eigenvalue weighted by Crippen LogP contribution is -2.02. The Morgan fingerprint density at radius 2 is 2.12 bits per heavy atom. The topological polar surface area (TPSA) is 35.2 Å². The fourth-order valence-electron chi connectivity index (χ4n) is 1.80. The van der Waals surface area contributed by atoms with Crippen LogP contribution in [0.5, 0.6) is 5.75 Å². The van der Waals surface area contributed by atoms with E-state index in [4.69, 9.17) is 10.5 Å². The summed E-state index contributed by atoms with van der Waals surface area (Å²) in [6, 6.07) is 6.22. The average molecular weight is 219 g/mol. The molecule has 2 heteroatoms. The molecule has 2 N–H and O–H groups in total. The predicted octanol–water partition coefficient (Wildman–Crippen LogP) is 2.91. The average Bonchev–Trinajstić information content (AvgIpc) is 2.16. The van der Waals surface area contributed by atoms with Crippen LogP contribution in [0.1, 0.15) is 25.0 Å². The molecule has 0 radical (unpaired) electrons. The molecule has 88 valence electrons. The molecule has 1 rings (SSSR count). The summed E-state index contributed by atoms with van der Waals surface area (Å²) in [6.45, 7) is 8.13. The van der Waals surface area contributed by atoms with E-state index in [2.05, 4.69) is 26.5 Å². The SMILES string of the molecule is C=C(N)Cc1ccc(OC)c(CC(C)C)c1. The maximum Gasteiger partial charge on any atom is 0.122 e. The van der Waals surface area contributed by atoms with Gasteiger partial charge >= 0.3 is 0 Å². The maximum absolute atomic E-state index is 5.62. The summed E-state index contributed by atoms with van der Waals surface area (Å²) in [5, 5.41) is 0. The van der Waals surface area contributed by atoms with Crippen molar-refractivity contribution in [2.24, 2.45) is 11.7 Å². The molecule has 0 aliphatic heterocycles. The van der Waals surface area contributed by atoms with Gasteiger partial charge in [0.15, 0.2) is 0 Å². The lowest BCUT2D eigenvalue weighted by atomic mass is 9.98. The Kier molecular flexibility index (Phi) is 4.41. The van der Waals surface area contributed by atoms with Gasteiger partial charge in [0.2, 0.25) is 0 Å². The van der Waals surface area contributed by atoms with Crippen LogP contribution in [-0.4, -0.2) is 7.11 Å². The van der Waals surface area contributed by atoms with Crippen molar-refractivity contribution < 1.29 is 4.74 Å². The normalized spacial score (nSPS) is 10.5. The Labute approximate surface area is 98.1 Å². The zero-order valence-electron chi connectivity index (χ0n) is 10.4. The number of ether oxygens (including phenoxy) is 1. The first kappa shape index (κ1) is 12.6. The van der Waals surface area contributed by atoms with Gasteiger partial charge in [-0.3, -0.25) is 0 Å². The van der Waals surface area contributed by atoms with Crippen molar-refractivity contribution in [3.05, 3.63) is 41.6 Å². The smallest absolute Gasteiger partial charge is 0.122 e. The van der Waals surface area contributed by atoms with Crippen LogP contribution in [0.25, 0.3) is 0 Å². The Balaban J connectivity index is 2.96. The van der Waals surface area contributed by atoms with Gasteiger partial charge in [-0.1, -0.05) is 32.6 Å². The van der Waals surface area contributed by atoms with Crippen molar-refractivity contribution in [1.29, 1.82) is 0 Å². The van der Waals surface area contributed by atoms with Crippen molar-refractivity contribution in [3.8, 4) is 5.75 Å². The highest BCUT2D eigenvalue weighted by atomic mass is 16.5. The molecule has 0 atom stereocenters. The van der Waals surface area contributed by atoms with E-state index < -0.39 is 0 Å². The molecule has 1 aromatic carbocycles. The van der Waals surface area contributed by atoms with Crippen LogP contribution < -0.4 is 10.5 Å². The number of methoxy groups -OCH3 is 1. The molecule has 0 heterocycles. The second-order valence-corrected chi connectivity index (χ2v) is 4.58. The van der Waals surface area contributed by atoms with Gasteiger partial charge in [0, 0.05) is 12.1 Å². The second-order valence-electron chi connectivity index (χ2n) is 4.58. The number of hydrogen-bond acceptors (Lipinski definition) is 2. The highest BCUT2D eigenvalue weighted by molar-refractivity contribution is 5.38. The first-order valence-electron chi connectivity index (χ1n) is 5.62. The lowest BCUT2D eigenvalue weighted by molar-refractivity contribution is 0.406. The third-order valence-corrected chi connectivity index (χ3v) is 2.40. The van der Waals surface area contributed by atoms with Crippen LogP contribution in [0.4, 0.5) is 0 Å². The Bertz CT molecular complexity index is 369. The Morgan fingerprint density at radius 3 is 2.62 bits per heavy atom. The highest BCUT2D eigenvalue weighted by Gasteiger charge is 2.06. The predicted molar refractivity (Wildman–Crippen MR) is 68.6 cm³/mol. The molecular weight excluding hydrogens is 198 g/mol. The molecule has 0 fully saturated rings.